The van der Waals surface area contributed by atoms with E-state index in [1.807, 2.05) is 18.7 Å². The Balaban J connectivity index is 1.98. The van der Waals surface area contributed by atoms with Gasteiger partial charge in [0, 0.05) is 39.3 Å². The first kappa shape index (κ1) is 14.8. The van der Waals surface area contributed by atoms with E-state index < -0.39 is 0 Å². The molecule has 1 atom stereocenters. The SMILES string of the molecule is Cc1nn(C)c(CN2CCNC(CC(C)C)C2)c1Cl. The van der Waals surface area contributed by atoms with Gasteiger partial charge in [0.1, 0.15) is 0 Å². The second kappa shape index (κ2) is 6.25. The van der Waals surface area contributed by atoms with E-state index in [-0.39, 0.29) is 0 Å². The fourth-order valence-corrected chi connectivity index (χ4v) is 3.05. The summed E-state index contributed by atoms with van der Waals surface area (Å²) in [5.74, 6) is 0.736. The van der Waals surface area contributed by atoms with Crippen LogP contribution in [-0.4, -0.2) is 40.4 Å². The average molecular weight is 285 g/mol. The van der Waals surface area contributed by atoms with E-state index >= 15 is 0 Å². The second-order valence-corrected chi connectivity index (χ2v) is 6.36. The molecular formula is C14H25ClN4. The fourth-order valence-electron chi connectivity index (χ4n) is 2.83. The van der Waals surface area contributed by atoms with Crippen molar-refractivity contribution in [2.45, 2.75) is 39.8 Å². The van der Waals surface area contributed by atoms with Gasteiger partial charge in [-0.05, 0) is 19.3 Å². The first-order valence-electron chi connectivity index (χ1n) is 7.11. The Morgan fingerprint density at radius 1 is 1.47 bits per heavy atom. The number of hydrogen-bond acceptors (Lipinski definition) is 3. The van der Waals surface area contributed by atoms with Crippen molar-refractivity contribution in [2.24, 2.45) is 13.0 Å². The van der Waals surface area contributed by atoms with E-state index in [2.05, 4.69) is 29.2 Å². The van der Waals surface area contributed by atoms with Crippen LogP contribution in [0.1, 0.15) is 31.7 Å². The summed E-state index contributed by atoms with van der Waals surface area (Å²) < 4.78 is 1.91. The number of hydrogen-bond donors (Lipinski definition) is 1. The molecule has 0 aliphatic carbocycles. The molecule has 5 heteroatoms. The van der Waals surface area contributed by atoms with Crippen molar-refractivity contribution in [3.63, 3.8) is 0 Å². The maximum absolute atomic E-state index is 6.33. The fraction of sp³-hybridized carbons (Fsp3) is 0.786. The molecule has 0 amide bonds. The molecule has 108 valence electrons. The Morgan fingerprint density at radius 3 is 2.79 bits per heavy atom. The van der Waals surface area contributed by atoms with Crippen molar-refractivity contribution in [1.29, 1.82) is 0 Å². The van der Waals surface area contributed by atoms with Gasteiger partial charge in [-0.2, -0.15) is 5.10 Å². The predicted molar refractivity (Wildman–Crippen MR) is 79.5 cm³/mol. The monoisotopic (exact) mass is 284 g/mol. The lowest BCUT2D eigenvalue weighted by molar-refractivity contribution is 0.176. The van der Waals surface area contributed by atoms with Gasteiger partial charge < -0.3 is 5.32 Å². The van der Waals surface area contributed by atoms with Gasteiger partial charge in [-0.25, -0.2) is 0 Å². The Kier molecular flexibility index (Phi) is 4.87. The van der Waals surface area contributed by atoms with E-state index in [0.717, 1.165) is 48.5 Å². The quantitative estimate of drug-likeness (QED) is 0.920. The highest BCUT2D eigenvalue weighted by Gasteiger charge is 2.22. The maximum Gasteiger partial charge on any atom is 0.0860 e. The Bertz CT molecular complexity index is 427. The van der Waals surface area contributed by atoms with Gasteiger partial charge in [0.05, 0.1) is 16.4 Å². The summed E-state index contributed by atoms with van der Waals surface area (Å²) >= 11 is 6.33. The normalized spacial score (nSPS) is 21.3. The third-order valence-corrected chi connectivity index (χ3v) is 4.22. The summed E-state index contributed by atoms with van der Waals surface area (Å²) in [5.41, 5.74) is 2.05. The molecule has 1 N–H and O–H groups in total. The Labute approximate surface area is 121 Å². The zero-order chi connectivity index (χ0) is 14.0. The van der Waals surface area contributed by atoms with E-state index in [9.17, 15) is 0 Å². The van der Waals surface area contributed by atoms with Crippen molar-refractivity contribution in [3.05, 3.63) is 16.4 Å². The maximum atomic E-state index is 6.33. The lowest BCUT2D eigenvalue weighted by Gasteiger charge is -2.34. The van der Waals surface area contributed by atoms with E-state index in [1.54, 1.807) is 0 Å². The van der Waals surface area contributed by atoms with Crippen LogP contribution in [-0.2, 0) is 13.6 Å². The number of piperazine rings is 1. The molecule has 0 spiro atoms. The average Bonchev–Trinajstić information content (AvgIpc) is 2.56. The molecule has 19 heavy (non-hydrogen) atoms. The molecule has 1 aromatic heterocycles. The summed E-state index contributed by atoms with van der Waals surface area (Å²) in [4.78, 5) is 2.48. The van der Waals surface area contributed by atoms with Crippen molar-refractivity contribution in [3.8, 4) is 0 Å². The predicted octanol–water partition coefficient (Wildman–Crippen LogP) is 2.20. The third kappa shape index (κ3) is 3.71. The minimum absolute atomic E-state index is 0.599. The Morgan fingerprint density at radius 2 is 2.21 bits per heavy atom. The topological polar surface area (TPSA) is 33.1 Å². The zero-order valence-corrected chi connectivity index (χ0v) is 13.2. The molecule has 1 saturated heterocycles. The highest BCUT2D eigenvalue weighted by molar-refractivity contribution is 6.31. The molecule has 0 aromatic carbocycles. The van der Waals surface area contributed by atoms with E-state index in [1.165, 1.54) is 6.42 Å². The minimum Gasteiger partial charge on any atom is -0.311 e. The molecule has 1 aliphatic heterocycles. The summed E-state index contributed by atoms with van der Waals surface area (Å²) in [6.45, 7) is 10.7. The van der Waals surface area contributed by atoms with Gasteiger partial charge in [-0.15, -0.1) is 0 Å². The number of nitrogens with one attached hydrogen (secondary N) is 1. The van der Waals surface area contributed by atoms with Gasteiger partial charge in [0.25, 0.3) is 0 Å². The van der Waals surface area contributed by atoms with Crippen LogP contribution >= 0.6 is 11.6 Å². The molecule has 1 unspecified atom stereocenters. The van der Waals surface area contributed by atoms with Gasteiger partial charge in [-0.3, -0.25) is 9.58 Å². The molecule has 1 aromatic rings. The standard InChI is InChI=1S/C14H25ClN4/c1-10(2)7-12-8-19(6-5-16-12)9-13-14(15)11(3)17-18(13)4/h10,12,16H,5-9H2,1-4H3. The molecule has 2 heterocycles. The number of aryl methyl sites for hydroxylation is 2. The molecule has 0 radical (unpaired) electrons. The smallest absolute Gasteiger partial charge is 0.0860 e. The largest absolute Gasteiger partial charge is 0.311 e. The molecule has 0 saturated carbocycles. The highest BCUT2D eigenvalue weighted by Crippen LogP contribution is 2.21. The first-order valence-corrected chi connectivity index (χ1v) is 7.49. The van der Waals surface area contributed by atoms with Crippen LogP contribution in [0.2, 0.25) is 5.02 Å². The molecular weight excluding hydrogens is 260 g/mol. The lowest BCUT2D eigenvalue weighted by atomic mass is 10.0. The van der Waals surface area contributed by atoms with Crippen molar-refractivity contribution in [1.82, 2.24) is 20.0 Å². The van der Waals surface area contributed by atoms with Crippen LogP contribution in [0.4, 0.5) is 0 Å². The Hall–Kier alpha value is -0.580. The van der Waals surface area contributed by atoms with Gasteiger partial charge in [0.15, 0.2) is 0 Å². The van der Waals surface area contributed by atoms with Crippen molar-refractivity contribution >= 4 is 11.6 Å². The summed E-state index contributed by atoms with van der Waals surface area (Å²) in [5, 5.41) is 8.81. The van der Waals surface area contributed by atoms with Crippen LogP contribution in [0.25, 0.3) is 0 Å². The first-order chi connectivity index (χ1) is 8.97. The van der Waals surface area contributed by atoms with Gasteiger partial charge in [0.2, 0.25) is 0 Å². The lowest BCUT2D eigenvalue weighted by Crippen LogP contribution is -2.50. The van der Waals surface area contributed by atoms with Crippen molar-refractivity contribution in [2.75, 3.05) is 19.6 Å². The summed E-state index contributed by atoms with van der Waals surface area (Å²) in [7, 11) is 1.97. The van der Waals surface area contributed by atoms with Crippen LogP contribution in [0.3, 0.4) is 0 Å². The molecule has 4 nitrogen and oxygen atoms in total. The molecule has 2 rings (SSSR count). The minimum atomic E-state index is 0.599. The van der Waals surface area contributed by atoms with Crippen LogP contribution < -0.4 is 5.32 Å². The molecule has 1 aliphatic rings. The summed E-state index contributed by atoms with van der Waals surface area (Å²) in [6.07, 6.45) is 1.23. The second-order valence-electron chi connectivity index (χ2n) is 5.99. The van der Waals surface area contributed by atoms with Crippen LogP contribution in [0.5, 0.6) is 0 Å². The van der Waals surface area contributed by atoms with Gasteiger partial charge >= 0.3 is 0 Å². The van der Waals surface area contributed by atoms with Crippen LogP contribution in [0.15, 0.2) is 0 Å². The third-order valence-electron chi connectivity index (χ3n) is 3.73. The van der Waals surface area contributed by atoms with Crippen LogP contribution in [0, 0.1) is 12.8 Å². The number of rotatable bonds is 4. The molecule has 1 fully saturated rings. The van der Waals surface area contributed by atoms with E-state index in [0.29, 0.717) is 6.04 Å². The van der Waals surface area contributed by atoms with Crippen molar-refractivity contribution < 1.29 is 0 Å². The zero-order valence-electron chi connectivity index (χ0n) is 12.4. The number of aromatic nitrogens is 2. The highest BCUT2D eigenvalue weighted by atomic mass is 35.5. The van der Waals surface area contributed by atoms with E-state index in [4.69, 9.17) is 11.6 Å². The number of halogens is 1. The summed E-state index contributed by atoms with van der Waals surface area (Å²) in [6, 6.07) is 0.599. The van der Waals surface area contributed by atoms with Gasteiger partial charge in [-0.1, -0.05) is 25.4 Å². The molecule has 0 bridgehead atoms. The number of nitrogens with zero attached hydrogens (tertiary/aromatic N) is 3.